The third kappa shape index (κ3) is 2.99. The molecule has 0 spiro atoms. The molecular formula is C6H13ClO2S. The lowest BCUT2D eigenvalue weighted by molar-refractivity contribution is 0.535. The molecule has 0 rings (SSSR count). The maximum atomic E-state index is 10.6. The van der Waals surface area contributed by atoms with Crippen LogP contribution in [-0.4, -0.2) is 19.4 Å². The van der Waals surface area contributed by atoms with Crippen molar-refractivity contribution in [1.29, 1.82) is 0 Å². The smallest absolute Gasteiger partial charge is 0.157 e. The van der Waals surface area contributed by atoms with E-state index in [-0.39, 0.29) is 10.6 Å². The second kappa shape index (κ2) is 5.10. The third-order valence-corrected chi connectivity index (χ3v) is 3.40. The molecule has 0 aromatic rings. The Kier molecular flexibility index (Phi) is 5.31. The van der Waals surface area contributed by atoms with E-state index in [0.29, 0.717) is 6.42 Å². The standard InChI is InChI=1S/C6H13ClO2S/c1-3-5(7)6(4-2)10(8)9/h5-6H,3-4H2,1-2H3,(H,8,9). The van der Waals surface area contributed by atoms with E-state index in [1.54, 1.807) is 0 Å². The largest absolute Gasteiger partial charge is 0.306 e. The van der Waals surface area contributed by atoms with Gasteiger partial charge in [0.1, 0.15) is 0 Å². The summed E-state index contributed by atoms with van der Waals surface area (Å²) < 4.78 is 19.3. The highest BCUT2D eigenvalue weighted by Crippen LogP contribution is 2.14. The van der Waals surface area contributed by atoms with Gasteiger partial charge in [-0.3, -0.25) is 0 Å². The zero-order valence-electron chi connectivity index (χ0n) is 6.21. The molecule has 3 unspecified atom stereocenters. The fourth-order valence-corrected chi connectivity index (χ4v) is 1.96. The van der Waals surface area contributed by atoms with Crippen molar-refractivity contribution in [2.24, 2.45) is 0 Å². The minimum Gasteiger partial charge on any atom is -0.306 e. The number of hydrogen-bond acceptors (Lipinski definition) is 1. The fraction of sp³-hybridized carbons (Fsp3) is 1.00. The molecule has 0 aliphatic rings. The van der Waals surface area contributed by atoms with E-state index in [9.17, 15) is 4.21 Å². The Morgan fingerprint density at radius 2 is 2.00 bits per heavy atom. The molecule has 0 bridgehead atoms. The first-order chi connectivity index (χ1) is 4.63. The van der Waals surface area contributed by atoms with Crippen LogP contribution in [0.25, 0.3) is 0 Å². The van der Waals surface area contributed by atoms with Crippen LogP contribution < -0.4 is 0 Å². The van der Waals surface area contributed by atoms with Crippen molar-refractivity contribution in [3.63, 3.8) is 0 Å². The highest BCUT2D eigenvalue weighted by atomic mass is 35.5. The summed E-state index contributed by atoms with van der Waals surface area (Å²) in [5.41, 5.74) is 0. The van der Waals surface area contributed by atoms with Crippen molar-refractivity contribution in [1.82, 2.24) is 0 Å². The highest BCUT2D eigenvalue weighted by molar-refractivity contribution is 7.80. The molecule has 0 saturated heterocycles. The van der Waals surface area contributed by atoms with E-state index in [1.807, 2.05) is 13.8 Å². The average molecular weight is 185 g/mol. The van der Waals surface area contributed by atoms with E-state index >= 15 is 0 Å². The van der Waals surface area contributed by atoms with Gasteiger partial charge in [0.05, 0.1) is 5.25 Å². The van der Waals surface area contributed by atoms with Gasteiger partial charge in [-0.25, -0.2) is 4.21 Å². The van der Waals surface area contributed by atoms with E-state index < -0.39 is 11.1 Å². The van der Waals surface area contributed by atoms with Gasteiger partial charge in [0.2, 0.25) is 0 Å². The lowest BCUT2D eigenvalue weighted by Crippen LogP contribution is -2.24. The van der Waals surface area contributed by atoms with E-state index in [0.717, 1.165) is 6.42 Å². The minimum absolute atomic E-state index is 0.171. The number of halogens is 1. The van der Waals surface area contributed by atoms with Gasteiger partial charge in [0.25, 0.3) is 0 Å². The molecule has 3 atom stereocenters. The second-order valence-electron chi connectivity index (χ2n) is 2.15. The summed E-state index contributed by atoms with van der Waals surface area (Å²) in [5.74, 6) is 0. The van der Waals surface area contributed by atoms with Crippen LogP contribution in [0.4, 0.5) is 0 Å². The Morgan fingerprint density at radius 3 is 2.10 bits per heavy atom. The van der Waals surface area contributed by atoms with Crippen LogP contribution in [0.1, 0.15) is 26.7 Å². The van der Waals surface area contributed by atoms with Crippen molar-refractivity contribution < 1.29 is 8.76 Å². The average Bonchev–Trinajstić information content (AvgIpc) is 1.88. The van der Waals surface area contributed by atoms with Crippen molar-refractivity contribution in [3.05, 3.63) is 0 Å². The third-order valence-electron chi connectivity index (χ3n) is 1.45. The fourth-order valence-electron chi connectivity index (χ4n) is 0.788. The van der Waals surface area contributed by atoms with Crippen LogP contribution in [0.2, 0.25) is 0 Å². The zero-order chi connectivity index (χ0) is 8.15. The van der Waals surface area contributed by atoms with Gasteiger partial charge in [0, 0.05) is 5.38 Å². The summed E-state index contributed by atoms with van der Waals surface area (Å²) in [4.78, 5) is 0. The molecule has 1 N–H and O–H groups in total. The monoisotopic (exact) mass is 184 g/mol. The Morgan fingerprint density at radius 1 is 1.50 bits per heavy atom. The van der Waals surface area contributed by atoms with Crippen LogP contribution in [0, 0.1) is 0 Å². The number of alkyl halides is 1. The summed E-state index contributed by atoms with van der Waals surface area (Å²) in [6.07, 6.45) is 1.40. The molecule has 0 saturated carbocycles. The molecule has 0 fully saturated rings. The lowest BCUT2D eigenvalue weighted by Gasteiger charge is -2.14. The molecule has 2 nitrogen and oxygen atoms in total. The molecule has 0 aliphatic heterocycles. The summed E-state index contributed by atoms with van der Waals surface area (Å²) in [7, 11) is 0. The van der Waals surface area contributed by atoms with Crippen LogP contribution in [0.15, 0.2) is 0 Å². The predicted molar refractivity (Wildman–Crippen MR) is 44.8 cm³/mol. The maximum absolute atomic E-state index is 10.6. The van der Waals surface area contributed by atoms with Gasteiger partial charge in [-0.05, 0) is 12.8 Å². The molecule has 0 amide bonds. The summed E-state index contributed by atoms with van der Waals surface area (Å²) in [6.45, 7) is 3.77. The quantitative estimate of drug-likeness (QED) is 0.536. The summed E-state index contributed by atoms with van der Waals surface area (Å²) in [6, 6.07) is 0. The van der Waals surface area contributed by atoms with Gasteiger partial charge in [-0.15, -0.1) is 11.6 Å². The van der Waals surface area contributed by atoms with Gasteiger partial charge in [0.15, 0.2) is 11.1 Å². The van der Waals surface area contributed by atoms with Crippen LogP contribution >= 0.6 is 11.6 Å². The topological polar surface area (TPSA) is 37.3 Å². The van der Waals surface area contributed by atoms with Crippen molar-refractivity contribution in [3.8, 4) is 0 Å². The number of hydrogen-bond donors (Lipinski definition) is 1. The molecule has 0 aromatic heterocycles. The molecule has 0 aromatic carbocycles. The normalized spacial score (nSPS) is 20.0. The predicted octanol–water partition coefficient (Wildman–Crippen LogP) is 2.00. The zero-order valence-corrected chi connectivity index (χ0v) is 7.78. The SMILES string of the molecule is CCC(Cl)C(CC)S(=O)O. The first-order valence-corrected chi connectivity index (χ1v) is 4.97. The molecule has 62 valence electrons. The highest BCUT2D eigenvalue weighted by Gasteiger charge is 2.20. The Bertz CT molecular complexity index is 118. The van der Waals surface area contributed by atoms with Gasteiger partial charge < -0.3 is 4.55 Å². The van der Waals surface area contributed by atoms with Gasteiger partial charge >= 0.3 is 0 Å². The van der Waals surface area contributed by atoms with Crippen LogP contribution in [0.5, 0.6) is 0 Å². The molecular weight excluding hydrogens is 172 g/mol. The van der Waals surface area contributed by atoms with Crippen molar-refractivity contribution in [2.45, 2.75) is 37.3 Å². The summed E-state index contributed by atoms with van der Waals surface area (Å²) in [5, 5.41) is -0.442. The Hall–Kier alpha value is 0.400. The summed E-state index contributed by atoms with van der Waals surface area (Å²) >= 11 is 4.01. The van der Waals surface area contributed by atoms with Crippen LogP contribution in [0.3, 0.4) is 0 Å². The molecule has 0 aliphatic carbocycles. The molecule has 10 heavy (non-hydrogen) atoms. The minimum atomic E-state index is -1.77. The van der Waals surface area contributed by atoms with E-state index in [4.69, 9.17) is 16.2 Å². The van der Waals surface area contributed by atoms with E-state index in [2.05, 4.69) is 0 Å². The van der Waals surface area contributed by atoms with Gasteiger partial charge in [-0.2, -0.15) is 0 Å². The Balaban J connectivity index is 3.92. The second-order valence-corrected chi connectivity index (χ2v) is 3.87. The Labute approximate surface area is 69.2 Å². The maximum Gasteiger partial charge on any atom is 0.157 e. The first kappa shape index (κ1) is 10.4. The lowest BCUT2D eigenvalue weighted by atomic mass is 10.2. The van der Waals surface area contributed by atoms with Crippen molar-refractivity contribution >= 4 is 22.7 Å². The van der Waals surface area contributed by atoms with Crippen LogP contribution in [-0.2, 0) is 11.1 Å². The molecule has 4 heteroatoms. The molecule has 0 heterocycles. The first-order valence-electron chi connectivity index (χ1n) is 3.37. The van der Waals surface area contributed by atoms with Gasteiger partial charge in [-0.1, -0.05) is 13.8 Å². The molecule has 0 radical (unpaired) electrons. The van der Waals surface area contributed by atoms with Crippen molar-refractivity contribution in [2.75, 3.05) is 0 Å². The van der Waals surface area contributed by atoms with E-state index in [1.165, 1.54) is 0 Å². The number of rotatable bonds is 4.